The molecule has 0 fully saturated rings. The first-order valence-corrected chi connectivity index (χ1v) is 6.40. The highest BCUT2D eigenvalue weighted by Gasteiger charge is 2.17. The van der Waals surface area contributed by atoms with Crippen molar-refractivity contribution in [3.8, 4) is 11.5 Å². The Morgan fingerprint density at radius 2 is 2.24 bits per heavy atom. The molecular formula is C13H15N3O5. The molecule has 1 aromatic heterocycles. The lowest BCUT2D eigenvalue weighted by Gasteiger charge is -2.05. The van der Waals surface area contributed by atoms with E-state index >= 15 is 0 Å². The van der Waals surface area contributed by atoms with Crippen molar-refractivity contribution in [2.45, 2.75) is 26.4 Å². The zero-order valence-electron chi connectivity index (χ0n) is 11.7. The first-order valence-electron chi connectivity index (χ1n) is 6.40. The molecule has 0 unspecified atom stereocenters. The third-order valence-electron chi connectivity index (χ3n) is 2.70. The molecule has 0 saturated heterocycles. The smallest absolute Gasteiger partial charge is 0.314 e. The second kappa shape index (κ2) is 6.69. The zero-order valence-corrected chi connectivity index (χ0v) is 11.7. The number of hydrogen-bond donors (Lipinski definition) is 0. The SMILES string of the molecule is CCCc1noc(COc2ccc(OC)cc2[N+](=O)[O-])n1. The maximum absolute atomic E-state index is 11.0. The van der Waals surface area contributed by atoms with E-state index < -0.39 is 4.92 Å². The summed E-state index contributed by atoms with van der Waals surface area (Å²) in [7, 11) is 1.44. The number of ether oxygens (including phenoxy) is 2. The summed E-state index contributed by atoms with van der Waals surface area (Å²) < 4.78 is 15.3. The molecule has 8 nitrogen and oxygen atoms in total. The summed E-state index contributed by atoms with van der Waals surface area (Å²) in [5.41, 5.74) is -0.178. The number of rotatable bonds is 7. The normalized spacial score (nSPS) is 10.4. The second-order valence-electron chi connectivity index (χ2n) is 4.23. The molecule has 0 atom stereocenters. The van der Waals surface area contributed by atoms with E-state index in [-0.39, 0.29) is 23.9 Å². The highest BCUT2D eigenvalue weighted by Crippen LogP contribution is 2.31. The molecule has 2 rings (SSSR count). The van der Waals surface area contributed by atoms with Gasteiger partial charge in [0.1, 0.15) is 5.75 Å². The van der Waals surface area contributed by atoms with Gasteiger partial charge >= 0.3 is 5.69 Å². The molecule has 0 aliphatic rings. The molecule has 0 amide bonds. The number of aryl methyl sites for hydroxylation is 1. The van der Waals surface area contributed by atoms with Crippen molar-refractivity contribution >= 4 is 5.69 Å². The molecule has 0 radical (unpaired) electrons. The van der Waals surface area contributed by atoms with Crippen LogP contribution in [0.3, 0.4) is 0 Å². The Morgan fingerprint density at radius 3 is 2.90 bits per heavy atom. The monoisotopic (exact) mass is 293 g/mol. The van der Waals surface area contributed by atoms with E-state index in [1.165, 1.54) is 19.2 Å². The maximum atomic E-state index is 11.0. The average Bonchev–Trinajstić information content (AvgIpc) is 2.93. The van der Waals surface area contributed by atoms with Crippen molar-refractivity contribution in [2.75, 3.05) is 7.11 Å². The van der Waals surface area contributed by atoms with Crippen molar-refractivity contribution in [1.29, 1.82) is 0 Å². The molecule has 0 aliphatic heterocycles. The van der Waals surface area contributed by atoms with Crippen molar-refractivity contribution in [3.63, 3.8) is 0 Å². The van der Waals surface area contributed by atoms with Crippen LogP contribution in [0.4, 0.5) is 5.69 Å². The standard InChI is InChI=1S/C13H15N3O5/c1-3-4-12-14-13(21-15-12)8-20-11-6-5-9(19-2)7-10(11)16(17)18/h5-7H,3-4,8H2,1-2H3. The summed E-state index contributed by atoms with van der Waals surface area (Å²) in [6.07, 6.45) is 1.62. The molecule has 0 bridgehead atoms. The summed E-state index contributed by atoms with van der Waals surface area (Å²) in [5, 5.41) is 14.8. The van der Waals surface area contributed by atoms with Crippen LogP contribution in [0.15, 0.2) is 22.7 Å². The predicted octanol–water partition coefficient (Wildman–Crippen LogP) is 2.52. The van der Waals surface area contributed by atoms with E-state index in [4.69, 9.17) is 14.0 Å². The van der Waals surface area contributed by atoms with Gasteiger partial charge in [-0.15, -0.1) is 0 Å². The number of benzene rings is 1. The average molecular weight is 293 g/mol. The van der Waals surface area contributed by atoms with Crippen molar-refractivity contribution in [1.82, 2.24) is 10.1 Å². The van der Waals surface area contributed by atoms with Crippen LogP contribution in [0.25, 0.3) is 0 Å². The van der Waals surface area contributed by atoms with Gasteiger partial charge in [-0.2, -0.15) is 4.98 Å². The molecule has 0 saturated carbocycles. The van der Waals surface area contributed by atoms with Gasteiger partial charge in [-0.1, -0.05) is 12.1 Å². The van der Waals surface area contributed by atoms with Crippen LogP contribution in [-0.4, -0.2) is 22.2 Å². The predicted molar refractivity (Wildman–Crippen MR) is 72.3 cm³/mol. The minimum Gasteiger partial charge on any atom is -0.496 e. The molecule has 1 aromatic carbocycles. The Kier molecular flexibility index (Phi) is 4.70. The van der Waals surface area contributed by atoms with Gasteiger partial charge in [-0.05, 0) is 18.6 Å². The third-order valence-corrected chi connectivity index (χ3v) is 2.70. The van der Waals surface area contributed by atoms with E-state index in [1.807, 2.05) is 6.92 Å². The minimum atomic E-state index is -0.534. The lowest BCUT2D eigenvalue weighted by molar-refractivity contribution is -0.386. The Morgan fingerprint density at radius 1 is 1.43 bits per heavy atom. The zero-order chi connectivity index (χ0) is 15.2. The fraction of sp³-hybridized carbons (Fsp3) is 0.385. The molecule has 1 heterocycles. The summed E-state index contributed by atoms with van der Waals surface area (Å²) in [5.74, 6) is 1.39. The summed E-state index contributed by atoms with van der Waals surface area (Å²) >= 11 is 0. The van der Waals surface area contributed by atoms with Gasteiger partial charge in [0.25, 0.3) is 5.89 Å². The van der Waals surface area contributed by atoms with E-state index in [2.05, 4.69) is 10.1 Å². The second-order valence-corrected chi connectivity index (χ2v) is 4.23. The summed E-state index contributed by atoms with van der Waals surface area (Å²) in [6.45, 7) is 1.98. The van der Waals surface area contributed by atoms with E-state index in [1.54, 1.807) is 6.07 Å². The highest BCUT2D eigenvalue weighted by atomic mass is 16.6. The van der Waals surface area contributed by atoms with Crippen LogP contribution in [-0.2, 0) is 13.0 Å². The van der Waals surface area contributed by atoms with Crippen molar-refractivity contribution in [3.05, 3.63) is 40.0 Å². The Bertz CT molecular complexity index is 626. The maximum Gasteiger partial charge on any atom is 0.314 e. The summed E-state index contributed by atoms with van der Waals surface area (Å²) in [4.78, 5) is 14.6. The Labute approximate surface area is 120 Å². The molecule has 0 N–H and O–H groups in total. The first kappa shape index (κ1) is 14.8. The van der Waals surface area contributed by atoms with Crippen molar-refractivity contribution in [2.24, 2.45) is 0 Å². The van der Waals surface area contributed by atoms with Crippen molar-refractivity contribution < 1.29 is 18.9 Å². The first-order chi connectivity index (χ1) is 10.1. The van der Waals surface area contributed by atoms with Gasteiger partial charge in [-0.25, -0.2) is 0 Å². The molecule has 2 aromatic rings. The van der Waals surface area contributed by atoms with Crippen LogP contribution in [0, 0.1) is 10.1 Å². The largest absolute Gasteiger partial charge is 0.496 e. The van der Waals surface area contributed by atoms with Gasteiger partial charge in [-0.3, -0.25) is 10.1 Å². The lowest BCUT2D eigenvalue weighted by atomic mass is 10.3. The molecule has 0 spiro atoms. The number of hydrogen-bond acceptors (Lipinski definition) is 7. The molecule has 112 valence electrons. The van der Waals surface area contributed by atoms with E-state index in [9.17, 15) is 10.1 Å². The number of nitro groups is 1. The highest BCUT2D eigenvalue weighted by molar-refractivity contribution is 5.50. The van der Waals surface area contributed by atoms with E-state index in [0.717, 1.165) is 6.42 Å². The van der Waals surface area contributed by atoms with Crippen LogP contribution in [0.5, 0.6) is 11.5 Å². The quantitative estimate of drug-likeness (QED) is 0.571. The van der Waals surface area contributed by atoms with Crippen LogP contribution in [0.1, 0.15) is 25.1 Å². The molecule has 8 heteroatoms. The topological polar surface area (TPSA) is 101 Å². The van der Waals surface area contributed by atoms with Gasteiger partial charge < -0.3 is 14.0 Å². The summed E-state index contributed by atoms with van der Waals surface area (Å²) in [6, 6.07) is 4.35. The Balaban J connectivity index is 2.09. The van der Waals surface area contributed by atoms with Gasteiger partial charge in [0.05, 0.1) is 18.1 Å². The van der Waals surface area contributed by atoms with Crippen LogP contribution in [0.2, 0.25) is 0 Å². The number of nitro benzene ring substituents is 1. The molecule has 21 heavy (non-hydrogen) atoms. The lowest BCUT2D eigenvalue weighted by Crippen LogP contribution is -2.00. The van der Waals surface area contributed by atoms with Crippen LogP contribution < -0.4 is 9.47 Å². The number of aromatic nitrogens is 2. The minimum absolute atomic E-state index is 0.0239. The number of nitrogens with zero attached hydrogens (tertiary/aromatic N) is 3. The Hall–Kier alpha value is -2.64. The fourth-order valence-corrected chi connectivity index (χ4v) is 1.70. The van der Waals surface area contributed by atoms with Crippen LogP contribution >= 0.6 is 0 Å². The van der Waals surface area contributed by atoms with Gasteiger partial charge in [0.2, 0.25) is 0 Å². The number of methoxy groups -OCH3 is 1. The van der Waals surface area contributed by atoms with Gasteiger partial charge in [0.15, 0.2) is 18.2 Å². The molecular weight excluding hydrogens is 278 g/mol. The molecule has 0 aliphatic carbocycles. The third kappa shape index (κ3) is 3.68. The fourth-order valence-electron chi connectivity index (χ4n) is 1.70. The van der Waals surface area contributed by atoms with E-state index in [0.29, 0.717) is 18.0 Å². The van der Waals surface area contributed by atoms with Gasteiger partial charge in [0, 0.05) is 6.42 Å².